The third-order valence-electron chi connectivity index (χ3n) is 5.99. The minimum Gasteiger partial charge on any atom is -0.378 e. The molecule has 3 heteroatoms. The normalized spacial score (nSPS) is 40.5. The molecule has 0 spiro atoms. The predicted molar refractivity (Wildman–Crippen MR) is 83.0 cm³/mol. The molecule has 1 aliphatic heterocycles. The van der Waals surface area contributed by atoms with Crippen LogP contribution >= 0.6 is 0 Å². The molecule has 3 rings (SSSR count). The van der Waals surface area contributed by atoms with Crippen molar-refractivity contribution in [3.63, 3.8) is 0 Å². The van der Waals surface area contributed by atoms with Gasteiger partial charge < -0.3 is 9.64 Å². The molecule has 0 radical (unpaired) electrons. The zero-order chi connectivity index (χ0) is 13.9. The highest BCUT2D eigenvalue weighted by Crippen LogP contribution is 2.42. The molecule has 0 aromatic carbocycles. The fourth-order valence-corrected chi connectivity index (χ4v) is 4.73. The van der Waals surface area contributed by atoms with Crippen molar-refractivity contribution in [1.29, 1.82) is 0 Å². The minimum atomic E-state index is 0.562. The largest absolute Gasteiger partial charge is 0.378 e. The van der Waals surface area contributed by atoms with E-state index < -0.39 is 0 Å². The lowest BCUT2D eigenvalue weighted by atomic mass is 9.68. The van der Waals surface area contributed by atoms with Crippen LogP contribution in [0.4, 0.5) is 0 Å². The average Bonchev–Trinajstić information content (AvgIpc) is 2.48. The Balaban J connectivity index is 1.53. The molecule has 0 aromatic rings. The third-order valence-corrected chi connectivity index (χ3v) is 5.99. The Hall–Kier alpha value is -0.120. The fraction of sp³-hybridized carbons (Fsp3) is 1.00. The molecule has 2 aliphatic carbocycles. The second-order valence-electron chi connectivity index (χ2n) is 7.22. The molecular weight excluding hydrogens is 248 g/mol. The van der Waals surface area contributed by atoms with Gasteiger partial charge >= 0.3 is 0 Å². The number of rotatable bonds is 3. The smallest absolute Gasteiger partial charge is 0.0577 e. The SMILES string of the molecule is CCOC1CCC2CCC(N3CCN(C)CC3)CC2C1. The summed E-state index contributed by atoms with van der Waals surface area (Å²) < 4.78 is 5.91. The van der Waals surface area contributed by atoms with Crippen LogP contribution in [-0.4, -0.2) is 61.8 Å². The average molecular weight is 280 g/mol. The van der Waals surface area contributed by atoms with E-state index in [4.69, 9.17) is 4.74 Å². The standard InChI is InChI=1S/C17H32N2O/c1-3-20-17-7-5-14-4-6-16(12-15(14)13-17)19-10-8-18(2)9-11-19/h14-17H,3-13H2,1-2H3. The summed E-state index contributed by atoms with van der Waals surface area (Å²) in [5.41, 5.74) is 0. The van der Waals surface area contributed by atoms with Gasteiger partial charge in [-0.25, -0.2) is 0 Å². The first-order valence-corrected chi connectivity index (χ1v) is 8.80. The number of fused-ring (bicyclic) bond motifs is 1. The van der Waals surface area contributed by atoms with Gasteiger partial charge in [0.1, 0.15) is 0 Å². The lowest BCUT2D eigenvalue weighted by Gasteiger charge is -2.46. The first kappa shape index (κ1) is 14.8. The summed E-state index contributed by atoms with van der Waals surface area (Å²) in [5.74, 6) is 1.95. The van der Waals surface area contributed by atoms with Crippen LogP contribution < -0.4 is 0 Å². The van der Waals surface area contributed by atoms with E-state index in [0.29, 0.717) is 6.10 Å². The number of hydrogen-bond donors (Lipinski definition) is 0. The Morgan fingerprint density at radius 3 is 2.40 bits per heavy atom. The van der Waals surface area contributed by atoms with Gasteiger partial charge in [0, 0.05) is 38.8 Å². The van der Waals surface area contributed by atoms with E-state index in [-0.39, 0.29) is 0 Å². The number of nitrogens with zero attached hydrogens (tertiary/aromatic N) is 2. The summed E-state index contributed by atoms with van der Waals surface area (Å²) in [7, 11) is 2.25. The van der Waals surface area contributed by atoms with Crippen LogP contribution in [0.15, 0.2) is 0 Å². The quantitative estimate of drug-likeness (QED) is 0.790. The van der Waals surface area contributed by atoms with Gasteiger partial charge in [-0.2, -0.15) is 0 Å². The maximum Gasteiger partial charge on any atom is 0.0577 e. The maximum absolute atomic E-state index is 5.91. The number of piperazine rings is 1. The molecule has 0 aromatic heterocycles. The van der Waals surface area contributed by atoms with Gasteiger partial charge in [-0.15, -0.1) is 0 Å². The van der Waals surface area contributed by atoms with E-state index in [1.165, 1.54) is 64.7 Å². The Morgan fingerprint density at radius 2 is 1.65 bits per heavy atom. The molecule has 20 heavy (non-hydrogen) atoms. The van der Waals surface area contributed by atoms with Crippen LogP contribution in [0.1, 0.15) is 45.4 Å². The van der Waals surface area contributed by atoms with Crippen molar-refractivity contribution >= 4 is 0 Å². The highest BCUT2D eigenvalue weighted by Gasteiger charge is 2.37. The summed E-state index contributed by atoms with van der Waals surface area (Å²) in [4.78, 5) is 5.24. The molecule has 3 fully saturated rings. The van der Waals surface area contributed by atoms with Gasteiger partial charge in [0.05, 0.1) is 6.10 Å². The van der Waals surface area contributed by atoms with Crippen molar-refractivity contribution in [3.05, 3.63) is 0 Å². The zero-order valence-corrected chi connectivity index (χ0v) is 13.4. The molecule has 1 saturated heterocycles. The highest BCUT2D eigenvalue weighted by molar-refractivity contribution is 4.91. The molecule has 0 amide bonds. The molecule has 2 saturated carbocycles. The first-order chi connectivity index (χ1) is 9.76. The van der Waals surface area contributed by atoms with E-state index in [0.717, 1.165) is 24.5 Å². The van der Waals surface area contributed by atoms with Crippen molar-refractivity contribution in [2.75, 3.05) is 39.8 Å². The predicted octanol–water partition coefficient (Wildman–Crippen LogP) is 2.61. The molecular formula is C17H32N2O. The van der Waals surface area contributed by atoms with Gasteiger partial charge in [0.25, 0.3) is 0 Å². The van der Waals surface area contributed by atoms with Crippen molar-refractivity contribution in [1.82, 2.24) is 9.80 Å². The Labute approximate surface area is 124 Å². The molecule has 4 atom stereocenters. The fourth-order valence-electron chi connectivity index (χ4n) is 4.73. The van der Waals surface area contributed by atoms with E-state index in [1.54, 1.807) is 0 Å². The highest BCUT2D eigenvalue weighted by atomic mass is 16.5. The summed E-state index contributed by atoms with van der Waals surface area (Å²) in [6.45, 7) is 8.11. The summed E-state index contributed by atoms with van der Waals surface area (Å²) >= 11 is 0. The summed E-state index contributed by atoms with van der Waals surface area (Å²) in [6.07, 6.45) is 9.00. The van der Waals surface area contributed by atoms with E-state index in [9.17, 15) is 0 Å². The van der Waals surface area contributed by atoms with Crippen LogP contribution in [0.5, 0.6) is 0 Å². The van der Waals surface area contributed by atoms with Gasteiger partial charge in [0.2, 0.25) is 0 Å². The summed E-state index contributed by atoms with van der Waals surface area (Å²) in [6, 6.07) is 0.866. The van der Waals surface area contributed by atoms with Crippen molar-refractivity contribution in [2.24, 2.45) is 11.8 Å². The molecule has 3 aliphatic rings. The summed E-state index contributed by atoms with van der Waals surface area (Å²) in [5, 5.41) is 0. The van der Waals surface area contributed by atoms with Gasteiger partial charge in [-0.1, -0.05) is 0 Å². The van der Waals surface area contributed by atoms with E-state index in [2.05, 4.69) is 23.8 Å². The van der Waals surface area contributed by atoms with Crippen LogP contribution in [0.25, 0.3) is 0 Å². The van der Waals surface area contributed by atoms with Crippen molar-refractivity contribution in [2.45, 2.75) is 57.6 Å². The van der Waals surface area contributed by atoms with Crippen LogP contribution in [-0.2, 0) is 4.74 Å². The Kier molecular flexibility index (Phi) is 5.00. The van der Waals surface area contributed by atoms with Gasteiger partial charge in [0.15, 0.2) is 0 Å². The Morgan fingerprint density at radius 1 is 0.900 bits per heavy atom. The second-order valence-corrected chi connectivity index (χ2v) is 7.22. The maximum atomic E-state index is 5.91. The van der Waals surface area contributed by atoms with Gasteiger partial charge in [-0.05, 0) is 64.3 Å². The number of ether oxygens (including phenoxy) is 1. The first-order valence-electron chi connectivity index (χ1n) is 8.80. The Bertz CT molecular complexity index is 301. The third kappa shape index (κ3) is 3.37. The monoisotopic (exact) mass is 280 g/mol. The molecule has 0 N–H and O–H groups in total. The minimum absolute atomic E-state index is 0.562. The van der Waals surface area contributed by atoms with Crippen LogP contribution in [0.2, 0.25) is 0 Å². The molecule has 3 nitrogen and oxygen atoms in total. The molecule has 116 valence electrons. The molecule has 4 unspecified atom stereocenters. The zero-order valence-electron chi connectivity index (χ0n) is 13.4. The van der Waals surface area contributed by atoms with E-state index >= 15 is 0 Å². The molecule has 1 heterocycles. The topological polar surface area (TPSA) is 15.7 Å². The molecule has 0 bridgehead atoms. The van der Waals surface area contributed by atoms with E-state index in [1.807, 2.05) is 0 Å². The second kappa shape index (κ2) is 6.76. The van der Waals surface area contributed by atoms with Crippen LogP contribution in [0.3, 0.4) is 0 Å². The number of hydrogen-bond acceptors (Lipinski definition) is 3. The lowest BCUT2D eigenvalue weighted by molar-refractivity contribution is -0.0253. The van der Waals surface area contributed by atoms with Gasteiger partial charge in [-0.3, -0.25) is 4.90 Å². The van der Waals surface area contributed by atoms with Crippen LogP contribution in [0, 0.1) is 11.8 Å². The van der Waals surface area contributed by atoms with Crippen molar-refractivity contribution < 1.29 is 4.74 Å². The lowest BCUT2D eigenvalue weighted by Crippen LogP contribution is -2.51. The van der Waals surface area contributed by atoms with Crippen molar-refractivity contribution in [3.8, 4) is 0 Å². The number of likely N-dealkylation sites (N-methyl/N-ethyl adjacent to an activating group) is 1.